The zero-order chi connectivity index (χ0) is 19.8. The van der Waals surface area contributed by atoms with E-state index in [1.54, 1.807) is 0 Å². The molecule has 2 heterocycles. The van der Waals surface area contributed by atoms with Crippen LogP contribution in [0.1, 0.15) is 42.0 Å². The van der Waals surface area contributed by atoms with Gasteiger partial charge in [-0.2, -0.15) is 0 Å². The Hall–Kier alpha value is -3.28. The van der Waals surface area contributed by atoms with Gasteiger partial charge in [-0.3, -0.25) is 0 Å². The van der Waals surface area contributed by atoms with Gasteiger partial charge in [0.05, 0.1) is 0 Å². The van der Waals surface area contributed by atoms with Gasteiger partial charge in [0.25, 0.3) is 0 Å². The molecule has 0 unspecified atom stereocenters. The number of hydrogen-bond acceptors (Lipinski definition) is 10. The van der Waals surface area contributed by atoms with Crippen molar-refractivity contribution in [2.24, 2.45) is 0 Å². The van der Waals surface area contributed by atoms with Crippen LogP contribution in [0, 0.1) is 0 Å². The number of pyridine rings is 2. The first-order chi connectivity index (χ1) is 13.0. The number of ether oxygens (including phenoxy) is 2. The Morgan fingerprint density at radius 3 is 1.33 bits per heavy atom. The number of aromatic nitrogens is 2. The van der Waals surface area contributed by atoms with Crippen molar-refractivity contribution >= 4 is 40.0 Å². The van der Waals surface area contributed by atoms with Crippen LogP contribution in [0.2, 0.25) is 0 Å². The second-order valence-corrected chi connectivity index (χ2v) is 5.87. The maximum atomic E-state index is 11.9. The number of carbonyl (C=O) groups excluding carboxylic acids is 4. The van der Waals surface area contributed by atoms with E-state index in [2.05, 4.69) is 19.4 Å². The van der Waals surface area contributed by atoms with Crippen LogP contribution in [0.15, 0.2) is 36.4 Å². The predicted octanol–water partition coefficient (Wildman–Crippen LogP) is 0.598. The Morgan fingerprint density at radius 2 is 1.00 bits per heavy atom. The Balaban J connectivity index is 1.94. The molecule has 2 rings (SSSR count). The van der Waals surface area contributed by atoms with Gasteiger partial charge in [-0.05, 0) is 0 Å². The Labute approximate surface area is 160 Å². The molecule has 0 saturated heterocycles. The van der Waals surface area contributed by atoms with Crippen molar-refractivity contribution in [1.29, 1.82) is 0 Å². The second kappa shape index (κ2) is 9.43. The molecule has 10 nitrogen and oxygen atoms in total. The number of methoxy groups -OCH3 is 2. The quantitative estimate of drug-likeness (QED) is 0.472. The molecule has 2 aromatic heterocycles. The summed E-state index contributed by atoms with van der Waals surface area (Å²) in [5.41, 5.74) is -0.396. The van der Waals surface area contributed by atoms with Gasteiger partial charge in [0.2, 0.25) is 0 Å². The van der Waals surface area contributed by atoms with Crippen molar-refractivity contribution in [3.05, 3.63) is 59.2 Å². The molecular formula is C16H12GeN2O8. The molecular weight excluding hydrogens is 421 g/mol. The van der Waals surface area contributed by atoms with Gasteiger partial charge in [-0.25, -0.2) is 0 Å². The molecule has 0 aliphatic rings. The van der Waals surface area contributed by atoms with Crippen LogP contribution >= 0.6 is 0 Å². The van der Waals surface area contributed by atoms with Crippen LogP contribution in [0.5, 0.6) is 0 Å². The summed E-state index contributed by atoms with van der Waals surface area (Å²) in [5, 5.41) is 0. The maximum absolute atomic E-state index is 11.9. The topological polar surface area (TPSA) is 131 Å². The zero-order valence-electron chi connectivity index (χ0n) is 14.1. The van der Waals surface area contributed by atoms with E-state index < -0.39 is 40.0 Å². The zero-order valence-corrected chi connectivity index (χ0v) is 16.2. The summed E-state index contributed by atoms with van der Waals surface area (Å²) < 4.78 is 18.8. The van der Waals surface area contributed by atoms with Crippen LogP contribution < -0.4 is 0 Å². The van der Waals surface area contributed by atoms with Crippen molar-refractivity contribution in [3.8, 4) is 0 Å². The summed E-state index contributed by atoms with van der Waals surface area (Å²) >= 11 is -1.92. The monoisotopic (exact) mass is 434 g/mol. The van der Waals surface area contributed by atoms with Gasteiger partial charge < -0.3 is 0 Å². The normalized spacial score (nSPS) is 9.85. The van der Waals surface area contributed by atoms with Crippen molar-refractivity contribution in [1.82, 2.24) is 9.97 Å². The summed E-state index contributed by atoms with van der Waals surface area (Å²) in [6.07, 6.45) is 0. The summed E-state index contributed by atoms with van der Waals surface area (Å²) in [7, 11) is 2.37. The van der Waals surface area contributed by atoms with E-state index in [1.807, 2.05) is 0 Å². The third kappa shape index (κ3) is 5.35. The van der Waals surface area contributed by atoms with Gasteiger partial charge in [0, 0.05) is 0 Å². The molecule has 0 aliphatic heterocycles. The van der Waals surface area contributed by atoms with E-state index >= 15 is 0 Å². The third-order valence-corrected chi connectivity index (χ3v) is 4.10. The molecule has 0 amide bonds. The molecule has 138 valence electrons. The van der Waals surface area contributed by atoms with E-state index in [0.29, 0.717) is 0 Å². The fraction of sp³-hybridized carbons (Fsp3) is 0.125. The van der Waals surface area contributed by atoms with Gasteiger partial charge in [0.1, 0.15) is 0 Å². The summed E-state index contributed by atoms with van der Waals surface area (Å²) in [6.45, 7) is 0. The number of nitrogens with zero attached hydrogens (tertiary/aromatic N) is 2. The van der Waals surface area contributed by atoms with Crippen LogP contribution in [0.25, 0.3) is 0 Å². The molecule has 0 aromatic carbocycles. The van der Waals surface area contributed by atoms with Crippen LogP contribution in [0.4, 0.5) is 0 Å². The minimum atomic E-state index is -1.92. The summed E-state index contributed by atoms with van der Waals surface area (Å²) in [6, 6.07) is 8.29. The van der Waals surface area contributed by atoms with Gasteiger partial charge in [-0.15, -0.1) is 0 Å². The minimum absolute atomic E-state index is 0.0623. The molecule has 27 heavy (non-hydrogen) atoms. The number of carbonyl (C=O) groups is 4. The Kier molecular flexibility index (Phi) is 7.00. The van der Waals surface area contributed by atoms with E-state index in [1.165, 1.54) is 50.6 Å². The molecule has 0 bridgehead atoms. The van der Waals surface area contributed by atoms with Crippen LogP contribution in [-0.4, -0.2) is 64.2 Å². The predicted molar refractivity (Wildman–Crippen MR) is 87.7 cm³/mol. The number of hydrogen-bond donors (Lipinski definition) is 0. The van der Waals surface area contributed by atoms with Crippen molar-refractivity contribution in [2.75, 3.05) is 14.2 Å². The fourth-order valence-corrected chi connectivity index (χ4v) is 2.58. The first kappa shape index (κ1) is 20.0. The fourth-order valence-electron chi connectivity index (χ4n) is 1.73. The van der Waals surface area contributed by atoms with E-state index in [0.717, 1.165) is 0 Å². The number of rotatable bonds is 6. The van der Waals surface area contributed by atoms with Crippen molar-refractivity contribution < 1.29 is 36.2 Å². The van der Waals surface area contributed by atoms with Gasteiger partial charge in [-0.1, -0.05) is 0 Å². The van der Waals surface area contributed by atoms with E-state index in [9.17, 15) is 19.2 Å². The van der Waals surface area contributed by atoms with Crippen LogP contribution in [-0.2, 0) is 17.0 Å². The standard InChI is InChI=1S/C16H12GeN2O8/c1-24-13(20)9-5-3-7-11(18-9)15(22)26-17-27-16(23)12-8-4-6-10(19-12)14(21)25-2/h3-8H,1-2H3. The summed E-state index contributed by atoms with van der Waals surface area (Å²) in [5.74, 6) is -3.12. The Bertz CT molecular complexity index is 815. The van der Waals surface area contributed by atoms with Crippen molar-refractivity contribution in [2.45, 2.75) is 0 Å². The molecule has 2 radical (unpaired) electrons. The molecule has 0 aliphatic carbocycles. The average Bonchev–Trinajstić information content (AvgIpc) is 2.72. The molecule has 0 atom stereocenters. The molecule has 2 aromatic rings. The number of esters is 2. The SMILES string of the molecule is COC(=O)c1cccc(C(=O)[O][Ge][O]C(=O)c2cccc(C(=O)OC)n2)n1. The van der Waals surface area contributed by atoms with Crippen LogP contribution in [0.3, 0.4) is 0 Å². The molecule has 0 saturated carbocycles. The first-order valence-electron chi connectivity index (χ1n) is 7.24. The average molecular weight is 433 g/mol. The Morgan fingerprint density at radius 1 is 0.667 bits per heavy atom. The first-order valence-corrected chi connectivity index (χ1v) is 8.95. The summed E-state index contributed by atoms with van der Waals surface area (Å²) in [4.78, 5) is 54.3. The molecule has 0 spiro atoms. The van der Waals surface area contributed by atoms with Gasteiger partial charge in [0.15, 0.2) is 0 Å². The second-order valence-electron chi connectivity index (χ2n) is 4.66. The van der Waals surface area contributed by atoms with E-state index in [-0.39, 0.29) is 22.8 Å². The van der Waals surface area contributed by atoms with Crippen molar-refractivity contribution in [3.63, 3.8) is 0 Å². The van der Waals surface area contributed by atoms with E-state index in [4.69, 9.17) is 7.53 Å². The molecule has 11 heteroatoms. The molecule has 0 fully saturated rings. The van der Waals surface area contributed by atoms with Gasteiger partial charge >= 0.3 is 160 Å². The molecule has 0 N–H and O–H groups in total. The third-order valence-electron chi connectivity index (χ3n) is 2.97.